The van der Waals surface area contributed by atoms with Crippen LogP contribution in [0.1, 0.15) is 17.5 Å². The number of halogens is 1. The van der Waals surface area contributed by atoms with E-state index < -0.39 is 12.0 Å². The first-order valence-electron chi connectivity index (χ1n) is 9.99. The van der Waals surface area contributed by atoms with Crippen molar-refractivity contribution in [2.24, 2.45) is 0 Å². The molecule has 0 fully saturated rings. The number of carbonyl (C=O) groups excluding carboxylic acids is 1. The van der Waals surface area contributed by atoms with Crippen molar-refractivity contribution in [1.82, 2.24) is 15.0 Å². The summed E-state index contributed by atoms with van der Waals surface area (Å²) >= 11 is 6.08. The van der Waals surface area contributed by atoms with E-state index in [1.807, 2.05) is 31.2 Å². The summed E-state index contributed by atoms with van der Waals surface area (Å²) in [6, 6.07) is 14.1. The first-order chi connectivity index (χ1) is 15.8. The maximum atomic E-state index is 12.5. The lowest BCUT2D eigenvalue weighted by molar-refractivity contribution is -0.136. The van der Waals surface area contributed by atoms with Gasteiger partial charge in [0.2, 0.25) is 17.2 Å². The molecule has 3 aromatic rings. The molecule has 0 saturated heterocycles. The van der Waals surface area contributed by atoms with Crippen LogP contribution < -0.4 is 20.3 Å². The Labute approximate surface area is 195 Å². The Hall–Kier alpha value is -3.92. The van der Waals surface area contributed by atoms with Gasteiger partial charge in [-0.1, -0.05) is 42.0 Å². The molecule has 0 radical (unpaired) electrons. The van der Waals surface area contributed by atoms with Gasteiger partial charge in [-0.15, -0.1) is 0 Å². The summed E-state index contributed by atoms with van der Waals surface area (Å²) in [6.45, 7) is 2.45. The predicted molar refractivity (Wildman–Crippen MR) is 125 cm³/mol. The SMILES string of the molecule is COc1ccccc1NC(=O)Nc1nc(Cl)nc(N(CCC(=O)O)Cc2cccc(C)c2)n1. The molecule has 3 N–H and O–H groups in total. The van der Waals surface area contributed by atoms with E-state index >= 15 is 0 Å². The third-order valence-electron chi connectivity index (χ3n) is 4.51. The molecule has 172 valence electrons. The zero-order valence-electron chi connectivity index (χ0n) is 18.1. The average molecular weight is 471 g/mol. The number of hydrogen-bond donors (Lipinski definition) is 3. The molecule has 0 atom stereocenters. The Balaban J connectivity index is 1.81. The van der Waals surface area contributed by atoms with Crippen LogP contribution in [0.5, 0.6) is 5.75 Å². The number of aromatic nitrogens is 3. The number of nitrogens with one attached hydrogen (secondary N) is 2. The Morgan fingerprint density at radius 1 is 1.09 bits per heavy atom. The number of nitrogens with zero attached hydrogens (tertiary/aromatic N) is 4. The van der Waals surface area contributed by atoms with Crippen molar-refractivity contribution >= 4 is 41.2 Å². The minimum atomic E-state index is -0.959. The minimum absolute atomic E-state index is 0.0815. The quantitative estimate of drug-likeness (QED) is 0.428. The summed E-state index contributed by atoms with van der Waals surface area (Å²) in [7, 11) is 1.50. The van der Waals surface area contributed by atoms with Crippen LogP contribution in [0.2, 0.25) is 5.28 Å². The van der Waals surface area contributed by atoms with Crippen LogP contribution in [0.25, 0.3) is 0 Å². The van der Waals surface area contributed by atoms with Crippen LogP contribution >= 0.6 is 11.6 Å². The molecular formula is C22H23ClN6O4. The predicted octanol–water partition coefficient (Wildman–Crippen LogP) is 3.97. The zero-order chi connectivity index (χ0) is 23.8. The number of aliphatic carboxylic acids is 1. The van der Waals surface area contributed by atoms with Gasteiger partial charge in [0.1, 0.15) is 5.75 Å². The number of aryl methyl sites for hydroxylation is 1. The van der Waals surface area contributed by atoms with Gasteiger partial charge in [0.05, 0.1) is 19.2 Å². The first kappa shape index (κ1) is 23.7. The summed E-state index contributed by atoms with van der Waals surface area (Å²) in [5.41, 5.74) is 2.47. The highest BCUT2D eigenvalue weighted by molar-refractivity contribution is 6.28. The lowest BCUT2D eigenvalue weighted by atomic mass is 10.1. The number of hydrogen-bond acceptors (Lipinski definition) is 7. The van der Waals surface area contributed by atoms with Gasteiger partial charge in [-0.2, -0.15) is 15.0 Å². The number of anilines is 3. The third kappa shape index (κ3) is 7.04. The van der Waals surface area contributed by atoms with Crippen LogP contribution in [0.3, 0.4) is 0 Å². The van der Waals surface area contributed by atoms with Crippen molar-refractivity contribution in [3.63, 3.8) is 0 Å². The van der Waals surface area contributed by atoms with Crippen LogP contribution in [0.15, 0.2) is 48.5 Å². The summed E-state index contributed by atoms with van der Waals surface area (Å²) in [4.78, 5) is 37.7. The molecule has 0 aliphatic carbocycles. The summed E-state index contributed by atoms with van der Waals surface area (Å²) in [6.07, 6.45) is -0.133. The van der Waals surface area contributed by atoms with E-state index in [2.05, 4.69) is 25.6 Å². The standard InChI is InChI=1S/C22H23ClN6O4/c1-14-6-5-7-15(12-14)13-29(11-10-18(30)31)21-26-19(23)25-20(27-21)28-22(32)24-16-8-3-4-9-17(16)33-2/h3-9,12H,10-11,13H2,1-2H3,(H,30,31)(H2,24,25,26,27,28,32). The second-order valence-electron chi connectivity index (χ2n) is 7.06. The van der Waals surface area contributed by atoms with E-state index in [9.17, 15) is 9.59 Å². The molecule has 10 nitrogen and oxygen atoms in total. The van der Waals surface area contributed by atoms with Crippen LogP contribution in [-0.4, -0.2) is 45.7 Å². The molecule has 3 rings (SSSR count). The number of urea groups is 1. The number of carboxylic acid groups (broad SMARTS) is 1. The van der Waals surface area contributed by atoms with E-state index in [1.54, 1.807) is 29.2 Å². The smallest absolute Gasteiger partial charge is 0.326 e. The average Bonchev–Trinajstić information content (AvgIpc) is 2.76. The van der Waals surface area contributed by atoms with E-state index in [1.165, 1.54) is 7.11 Å². The Kier molecular flexibility index (Phi) is 7.98. The van der Waals surface area contributed by atoms with Gasteiger partial charge in [0.25, 0.3) is 0 Å². The highest BCUT2D eigenvalue weighted by Gasteiger charge is 2.17. The van der Waals surface area contributed by atoms with Crippen molar-refractivity contribution in [2.45, 2.75) is 19.9 Å². The van der Waals surface area contributed by atoms with Gasteiger partial charge in [-0.3, -0.25) is 10.1 Å². The molecule has 1 aromatic heterocycles. The molecule has 0 bridgehead atoms. The fourth-order valence-corrected chi connectivity index (χ4v) is 3.21. The van der Waals surface area contributed by atoms with E-state index in [-0.39, 0.29) is 30.1 Å². The molecule has 2 amide bonds. The maximum Gasteiger partial charge on any atom is 0.326 e. The second-order valence-corrected chi connectivity index (χ2v) is 7.40. The Bertz CT molecular complexity index is 1140. The van der Waals surface area contributed by atoms with Gasteiger partial charge in [-0.25, -0.2) is 4.79 Å². The molecule has 11 heteroatoms. The topological polar surface area (TPSA) is 130 Å². The van der Waals surface area contributed by atoms with Crippen LogP contribution in [-0.2, 0) is 11.3 Å². The number of ether oxygens (including phenoxy) is 1. The minimum Gasteiger partial charge on any atom is -0.495 e. The Morgan fingerprint density at radius 3 is 2.61 bits per heavy atom. The number of carbonyl (C=O) groups is 2. The van der Waals surface area contributed by atoms with Gasteiger partial charge in [-0.05, 0) is 36.2 Å². The van der Waals surface area contributed by atoms with Gasteiger partial charge in [0, 0.05) is 13.1 Å². The number of methoxy groups -OCH3 is 1. The van der Waals surface area contributed by atoms with Crippen molar-refractivity contribution in [3.8, 4) is 5.75 Å². The molecule has 0 saturated carbocycles. The van der Waals surface area contributed by atoms with Gasteiger partial charge < -0.3 is 20.1 Å². The molecule has 0 aliphatic heterocycles. The van der Waals surface area contributed by atoms with Crippen molar-refractivity contribution in [2.75, 3.05) is 29.2 Å². The molecule has 1 heterocycles. The van der Waals surface area contributed by atoms with E-state index in [0.717, 1.165) is 11.1 Å². The van der Waals surface area contributed by atoms with Crippen molar-refractivity contribution in [1.29, 1.82) is 0 Å². The third-order valence-corrected chi connectivity index (χ3v) is 4.68. The van der Waals surface area contributed by atoms with Gasteiger partial charge in [0.15, 0.2) is 0 Å². The highest BCUT2D eigenvalue weighted by atomic mass is 35.5. The fourth-order valence-electron chi connectivity index (χ4n) is 3.05. The molecule has 33 heavy (non-hydrogen) atoms. The zero-order valence-corrected chi connectivity index (χ0v) is 18.8. The molecule has 2 aromatic carbocycles. The van der Waals surface area contributed by atoms with Crippen molar-refractivity contribution < 1.29 is 19.4 Å². The fraction of sp³-hybridized carbons (Fsp3) is 0.227. The lowest BCUT2D eigenvalue weighted by Gasteiger charge is -2.22. The monoisotopic (exact) mass is 470 g/mol. The second kappa shape index (κ2) is 11.1. The maximum absolute atomic E-state index is 12.5. The van der Waals surface area contributed by atoms with Crippen LogP contribution in [0.4, 0.5) is 22.4 Å². The summed E-state index contributed by atoms with van der Waals surface area (Å²) in [5.74, 6) is -0.411. The number of rotatable bonds is 9. The number of para-hydroxylation sites is 2. The molecular weight excluding hydrogens is 448 g/mol. The summed E-state index contributed by atoms with van der Waals surface area (Å²) < 4.78 is 5.22. The van der Waals surface area contributed by atoms with E-state index in [4.69, 9.17) is 21.4 Å². The number of amides is 2. The molecule has 0 aliphatic rings. The normalized spacial score (nSPS) is 10.4. The number of benzene rings is 2. The number of carboxylic acids is 1. The van der Waals surface area contributed by atoms with Crippen LogP contribution in [0, 0.1) is 6.92 Å². The summed E-state index contributed by atoms with van der Waals surface area (Å²) in [5, 5.41) is 14.2. The molecule has 0 unspecified atom stereocenters. The molecule has 0 spiro atoms. The lowest BCUT2D eigenvalue weighted by Crippen LogP contribution is -2.29. The Morgan fingerprint density at radius 2 is 1.88 bits per heavy atom. The first-order valence-corrected chi connectivity index (χ1v) is 10.4. The van der Waals surface area contributed by atoms with E-state index in [0.29, 0.717) is 18.0 Å². The van der Waals surface area contributed by atoms with Crippen molar-refractivity contribution in [3.05, 3.63) is 64.9 Å². The highest BCUT2D eigenvalue weighted by Crippen LogP contribution is 2.23. The largest absolute Gasteiger partial charge is 0.495 e. The van der Waals surface area contributed by atoms with Gasteiger partial charge >= 0.3 is 12.0 Å².